The predicted octanol–water partition coefficient (Wildman–Crippen LogP) is 1.76. The van der Waals surface area contributed by atoms with Gasteiger partial charge in [0.15, 0.2) is 0 Å². The fourth-order valence-electron chi connectivity index (χ4n) is 2.72. The molecule has 5 heteroatoms. The summed E-state index contributed by atoms with van der Waals surface area (Å²) in [6.45, 7) is 5.31. The van der Waals surface area contributed by atoms with Gasteiger partial charge in [0.05, 0.1) is 12.8 Å². The second-order valence-corrected chi connectivity index (χ2v) is 5.01. The summed E-state index contributed by atoms with van der Waals surface area (Å²) < 4.78 is 5.38. The third kappa shape index (κ3) is 2.71. The number of hydrogen-bond acceptors (Lipinski definition) is 4. The van der Waals surface area contributed by atoms with Gasteiger partial charge >= 0.3 is 5.97 Å². The first-order chi connectivity index (χ1) is 9.04. The summed E-state index contributed by atoms with van der Waals surface area (Å²) >= 11 is 0. The Morgan fingerprint density at radius 3 is 2.95 bits per heavy atom. The Morgan fingerprint density at radius 1 is 1.58 bits per heavy atom. The predicted molar refractivity (Wildman–Crippen MR) is 71.3 cm³/mol. The first kappa shape index (κ1) is 13.8. The third-order valence-corrected chi connectivity index (χ3v) is 3.75. The average Bonchev–Trinajstić information content (AvgIpc) is 2.82. The molecule has 1 N–H and O–H groups in total. The summed E-state index contributed by atoms with van der Waals surface area (Å²) in [5.41, 5.74) is 2.90. The van der Waals surface area contributed by atoms with Crippen LogP contribution in [-0.4, -0.2) is 40.7 Å². The molecule has 0 spiro atoms. The van der Waals surface area contributed by atoms with Gasteiger partial charge in [-0.1, -0.05) is 0 Å². The van der Waals surface area contributed by atoms with Crippen LogP contribution in [-0.2, 0) is 11.3 Å². The molecular formula is C14H20N2O3. The number of rotatable bonds is 4. The van der Waals surface area contributed by atoms with Gasteiger partial charge in [0, 0.05) is 23.9 Å². The van der Waals surface area contributed by atoms with Gasteiger partial charge in [-0.3, -0.25) is 14.7 Å². The van der Waals surface area contributed by atoms with Crippen LogP contribution < -0.4 is 4.74 Å². The Bertz CT molecular complexity index is 488. The summed E-state index contributed by atoms with van der Waals surface area (Å²) in [4.78, 5) is 17.6. The van der Waals surface area contributed by atoms with E-state index in [0.717, 1.165) is 42.0 Å². The van der Waals surface area contributed by atoms with Gasteiger partial charge in [0.2, 0.25) is 0 Å². The first-order valence-electron chi connectivity index (χ1n) is 6.50. The molecule has 19 heavy (non-hydrogen) atoms. The van der Waals surface area contributed by atoms with Crippen molar-refractivity contribution in [1.29, 1.82) is 0 Å². The normalized spacial score (nSPS) is 19.6. The second kappa shape index (κ2) is 5.57. The van der Waals surface area contributed by atoms with Gasteiger partial charge in [0.1, 0.15) is 11.8 Å². The summed E-state index contributed by atoms with van der Waals surface area (Å²) in [6.07, 6.45) is 3.43. The lowest BCUT2D eigenvalue weighted by molar-refractivity contribution is -0.142. The molecule has 1 aromatic rings. The minimum Gasteiger partial charge on any atom is -0.496 e. The van der Waals surface area contributed by atoms with E-state index in [2.05, 4.69) is 4.98 Å². The molecular weight excluding hydrogens is 244 g/mol. The quantitative estimate of drug-likeness (QED) is 0.897. The number of carboxylic acid groups (broad SMARTS) is 1. The van der Waals surface area contributed by atoms with Crippen molar-refractivity contribution in [3.63, 3.8) is 0 Å². The first-order valence-corrected chi connectivity index (χ1v) is 6.50. The summed E-state index contributed by atoms with van der Waals surface area (Å²) in [5.74, 6) is 0.102. The topological polar surface area (TPSA) is 62.7 Å². The number of carboxylic acids is 1. The molecule has 5 nitrogen and oxygen atoms in total. The second-order valence-electron chi connectivity index (χ2n) is 5.01. The molecule has 0 amide bonds. The van der Waals surface area contributed by atoms with Crippen molar-refractivity contribution in [1.82, 2.24) is 9.88 Å². The molecule has 1 unspecified atom stereocenters. The van der Waals surface area contributed by atoms with E-state index in [1.165, 1.54) is 0 Å². The van der Waals surface area contributed by atoms with Crippen LogP contribution in [0.2, 0.25) is 0 Å². The molecule has 2 rings (SSSR count). The summed E-state index contributed by atoms with van der Waals surface area (Å²) in [7, 11) is 1.65. The van der Waals surface area contributed by atoms with Crippen LogP contribution in [0.3, 0.4) is 0 Å². The SMILES string of the molecule is COc1c(C)cnc(CN2CCCC2C(=O)O)c1C. The molecule has 0 radical (unpaired) electrons. The molecule has 2 heterocycles. The Balaban J connectivity index is 2.22. The van der Waals surface area contributed by atoms with Gasteiger partial charge < -0.3 is 9.84 Å². The van der Waals surface area contributed by atoms with Gasteiger partial charge in [-0.25, -0.2) is 0 Å². The maximum atomic E-state index is 11.2. The van der Waals surface area contributed by atoms with Crippen LogP contribution >= 0.6 is 0 Å². The minimum atomic E-state index is -0.741. The van der Waals surface area contributed by atoms with Crippen molar-refractivity contribution in [3.8, 4) is 5.75 Å². The van der Waals surface area contributed by atoms with Crippen LogP contribution in [0.15, 0.2) is 6.20 Å². The van der Waals surface area contributed by atoms with E-state index in [0.29, 0.717) is 6.54 Å². The average molecular weight is 264 g/mol. The fraction of sp³-hybridized carbons (Fsp3) is 0.571. The smallest absolute Gasteiger partial charge is 0.320 e. The molecule has 1 saturated heterocycles. The van der Waals surface area contributed by atoms with Crippen LogP contribution in [0.1, 0.15) is 29.7 Å². The molecule has 1 aliphatic heterocycles. The number of methoxy groups -OCH3 is 1. The van der Waals surface area contributed by atoms with E-state index in [9.17, 15) is 9.90 Å². The molecule has 0 aromatic carbocycles. The fourth-order valence-corrected chi connectivity index (χ4v) is 2.72. The standard InChI is InChI=1S/C14H20N2O3/c1-9-7-15-11(10(2)13(9)19-3)8-16-6-4-5-12(16)14(17)18/h7,12H,4-6,8H2,1-3H3,(H,17,18). The highest BCUT2D eigenvalue weighted by atomic mass is 16.5. The maximum absolute atomic E-state index is 11.2. The molecule has 1 aromatic heterocycles. The van der Waals surface area contributed by atoms with E-state index >= 15 is 0 Å². The lowest BCUT2D eigenvalue weighted by atomic mass is 10.1. The van der Waals surface area contributed by atoms with Gasteiger partial charge in [-0.2, -0.15) is 0 Å². The van der Waals surface area contributed by atoms with Gasteiger partial charge in [0.25, 0.3) is 0 Å². The van der Waals surface area contributed by atoms with E-state index in [1.807, 2.05) is 18.7 Å². The molecule has 0 saturated carbocycles. The van der Waals surface area contributed by atoms with Crippen molar-refractivity contribution >= 4 is 5.97 Å². The Hall–Kier alpha value is -1.62. The monoisotopic (exact) mass is 264 g/mol. The van der Waals surface area contributed by atoms with Gasteiger partial charge in [-0.05, 0) is 33.2 Å². The van der Waals surface area contributed by atoms with E-state index in [-0.39, 0.29) is 6.04 Å². The zero-order valence-electron chi connectivity index (χ0n) is 11.6. The van der Waals surface area contributed by atoms with Crippen molar-refractivity contribution in [2.45, 2.75) is 39.3 Å². The number of aromatic nitrogens is 1. The number of aliphatic carboxylic acids is 1. The van der Waals surface area contributed by atoms with Crippen LogP contribution in [0, 0.1) is 13.8 Å². The number of ether oxygens (including phenoxy) is 1. The molecule has 1 aliphatic rings. The van der Waals surface area contributed by atoms with Crippen LogP contribution in [0.25, 0.3) is 0 Å². The van der Waals surface area contributed by atoms with E-state index in [1.54, 1.807) is 13.3 Å². The zero-order valence-corrected chi connectivity index (χ0v) is 11.6. The molecule has 0 bridgehead atoms. The van der Waals surface area contributed by atoms with Crippen molar-refractivity contribution in [3.05, 3.63) is 23.0 Å². The minimum absolute atomic E-state index is 0.381. The highest BCUT2D eigenvalue weighted by Gasteiger charge is 2.31. The van der Waals surface area contributed by atoms with Crippen molar-refractivity contribution in [2.75, 3.05) is 13.7 Å². The van der Waals surface area contributed by atoms with Crippen molar-refractivity contribution in [2.24, 2.45) is 0 Å². The Morgan fingerprint density at radius 2 is 2.32 bits per heavy atom. The largest absolute Gasteiger partial charge is 0.496 e. The number of aryl methyl sites for hydroxylation is 1. The summed E-state index contributed by atoms with van der Waals surface area (Å²) in [6, 6.07) is -0.381. The van der Waals surface area contributed by atoms with Gasteiger partial charge in [-0.15, -0.1) is 0 Å². The Labute approximate surface area is 113 Å². The number of nitrogens with zero attached hydrogens (tertiary/aromatic N) is 2. The molecule has 0 aliphatic carbocycles. The lowest BCUT2D eigenvalue weighted by Crippen LogP contribution is -2.35. The number of pyridine rings is 1. The number of hydrogen-bond donors (Lipinski definition) is 1. The lowest BCUT2D eigenvalue weighted by Gasteiger charge is -2.22. The van der Waals surface area contributed by atoms with E-state index < -0.39 is 5.97 Å². The van der Waals surface area contributed by atoms with E-state index in [4.69, 9.17) is 4.74 Å². The highest BCUT2D eigenvalue weighted by molar-refractivity contribution is 5.73. The number of carbonyl (C=O) groups is 1. The maximum Gasteiger partial charge on any atom is 0.320 e. The Kier molecular flexibility index (Phi) is 4.04. The molecule has 104 valence electrons. The molecule has 1 atom stereocenters. The zero-order chi connectivity index (χ0) is 14.0. The third-order valence-electron chi connectivity index (χ3n) is 3.75. The van der Waals surface area contributed by atoms with Crippen LogP contribution in [0.5, 0.6) is 5.75 Å². The number of likely N-dealkylation sites (tertiary alicyclic amines) is 1. The van der Waals surface area contributed by atoms with Crippen molar-refractivity contribution < 1.29 is 14.6 Å². The summed E-state index contributed by atoms with van der Waals surface area (Å²) in [5, 5.41) is 9.19. The highest BCUT2D eigenvalue weighted by Crippen LogP contribution is 2.27. The van der Waals surface area contributed by atoms with Crippen LogP contribution in [0.4, 0.5) is 0 Å². The molecule has 1 fully saturated rings.